The molecule has 0 bridgehead atoms. The molecule has 0 unspecified atom stereocenters. The lowest BCUT2D eigenvalue weighted by atomic mass is 10.1. The van der Waals surface area contributed by atoms with Crippen LogP contribution in [0.2, 0.25) is 0 Å². The van der Waals surface area contributed by atoms with Gasteiger partial charge in [-0.15, -0.1) is 0 Å². The quantitative estimate of drug-likeness (QED) is 0.762. The van der Waals surface area contributed by atoms with Crippen molar-refractivity contribution in [1.82, 2.24) is 0 Å². The van der Waals surface area contributed by atoms with Crippen molar-refractivity contribution in [2.24, 2.45) is 0 Å². The minimum Gasteiger partial charge on any atom is -0.478 e. The van der Waals surface area contributed by atoms with Crippen LogP contribution in [-0.4, -0.2) is 11.1 Å². The third kappa shape index (κ3) is 1.76. The fourth-order valence-electron chi connectivity index (χ4n) is 1.50. The zero-order valence-corrected chi connectivity index (χ0v) is 8.23. The second kappa shape index (κ2) is 3.61. The molecule has 0 atom stereocenters. The van der Waals surface area contributed by atoms with E-state index in [-0.39, 0.29) is 0 Å². The normalized spacial score (nSPS) is 11.3. The summed E-state index contributed by atoms with van der Waals surface area (Å²) in [5, 5.41) is 9.53. The van der Waals surface area contributed by atoms with E-state index in [9.17, 15) is 4.79 Å². The van der Waals surface area contributed by atoms with Gasteiger partial charge in [-0.05, 0) is 19.1 Å². The Balaban J connectivity index is 2.53. The van der Waals surface area contributed by atoms with Crippen molar-refractivity contribution < 1.29 is 14.3 Å². The molecule has 3 nitrogen and oxygen atoms in total. The SMILES string of the molecule is Cc1c(/C=C/C(=O)O)oc2ccccc12. The molecule has 2 aromatic rings. The number of hydrogen-bond donors (Lipinski definition) is 1. The van der Waals surface area contributed by atoms with Crippen LogP contribution in [0.4, 0.5) is 0 Å². The Morgan fingerprint density at radius 1 is 1.40 bits per heavy atom. The highest BCUT2D eigenvalue weighted by molar-refractivity contribution is 5.88. The molecule has 0 fully saturated rings. The maximum absolute atomic E-state index is 10.4. The van der Waals surface area contributed by atoms with Gasteiger partial charge in [-0.25, -0.2) is 4.79 Å². The molecular formula is C12H10O3. The molecule has 3 heteroatoms. The molecule has 0 aliphatic rings. The van der Waals surface area contributed by atoms with Gasteiger partial charge in [0.2, 0.25) is 0 Å². The summed E-state index contributed by atoms with van der Waals surface area (Å²) in [5.74, 6) is -0.381. The topological polar surface area (TPSA) is 50.4 Å². The highest BCUT2D eigenvalue weighted by atomic mass is 16.4. The largest absolute Gasteiger partial charge is 0.478 e. The van der Waals surface area contributed by atoms with Gasteiger partial charge in [0.25, 0.3) is 0 Å². The summed E-state index contributed by atoms with van der Waals surface area (Å²) in [6, 6.07) is 7.62. The third-order valence-corrected chi connectivity index (χ3v) is 2.26. The Bertz CT molecular complexity index is 535. The van der Waals surface area contributed by atoms with Crippen molar-refractivity contribution in [3.63, 3.8) is 0 Å². The molecule has 0 spiro atoms. The van der Waals surface area contributed by atoms with Gasteiger partial charge in [0.1, 0.15) is 11.3 Å². The fourth-order valence-corrected chi connectivity index (χ4v) is 1.50. The molecule has 1 N–H and O–H groups in total. The average Bonchev–Trinajstić information content (AvgIpc) is 2.54. The number of furan rings is 1. The number of carboxylic acids is 1. The van der Waals surface area contributed by atoms with E-state index in [0.29, 0.717) is 5.76 Å². The molecule has 15 heavy (non-hydrogen) atoms. The van der Waals surface area contributed by atoms with Gasteiger partial charge in [-0.3, -0.25) is 0 Å². The summed E-state index contributed by atoms with van der Waals surface area (Å²) in [6.45, 7) is 1.91. The minimum absolute atomic E-state index is 0.596. The summed E-state index contributed by atoms with van der Waals surface area (Å²) in [6.07, 6.45) is 2.54. The summed E-state index contributed by atoms with van der Waals surface area (Å²) in [4.78, 5) is 10.4. The zero-order valence-electron chi connectivity index (χ0n) is 8.23. The zero-order chi connectivity index (χ0) is 10.8. The smallest absolute Gasteiger partial charge is 0.328 e. The van der Waals surface area contributed by atoms with Gasteiger partial charge in [-0.2, -0.15) is 0 Å². The summed E-state index contributed by atoms with van der Waals surface area (Å²) in [5.41, 5.74) is 1.74. The summed E-state index contributed by atoms with van der Waals surface area (Å²) in [7, 11) is 0. The number of para-hydroxylation sites is 1. The van der Waals surface area contributed by atoms with E-state index in [1.54, 1.807) is 0 Å². The maximum Gasteiger partial charge on any atom is 0.328 e. The Morgan fingerprint density at radius 2 is 2.13 bits per heavy atom. The Kier molecular flexibility index (Phi) is 2.29. The number of aliphatic carboxylic acids is 1. The number of carboxylic acid groups (broad SMARTS) is 1. The van der Waals surface area contributed by atoms with Gasteiger partial charge in [0.15, 0.2) is 0 Å². The molecule has 1 aromatic heterocycles. The number of benzene rings is 1. The predicted octanol–water partition coefficient (Wildman–Crippen LogP) is 2.84. The number of fused-ring (bicyclic) bond motifs is 1. The lowest BCUT2D eigenvalue weighted by molar-refractivity contribution is -0.131. The number of hydrogen-bond acceptors (Lipinski definition) is 2. The van der Waals surface area contributed by atoms with Gasteiger partial charge in [0, 0.05) is 17.0 Å². The lowest BCUT2D eigenvalue weighted by Crippen LogP contribution is -1.85. The van der Waals surface area contributed by atoms with E-state index in [0.717, 1.165) is 22.6 Å². The molecule has 0 aliphatic heterocycles. The van der Waals surface area contributed by atoms with E-state index < -0.39 is 5.97 Å². The summed E-state index contributed by atoms with van der Waals surface area (Å²) < 4.78 is 5.50. The molecule has 1 heterocycles. The molecule has 2 rings (SSSR count). The number of rotatable bonds is 2. The highest BCUT2D eigenvalue weighted by Gasteiger charge is 2.06. The Hall–Kier alpha value is -2.03. The first-order valence-corrected chi connectivity index (χ1v) is 4.57. The van der Waals surface area contributed by atoms with Crippen LogP contribution in [0.1, 0.15) is 11.3 Å². The van der Waals surface area contributed by atoms with Crippen molar-refractivity contribution in [1.29, 1.82) is 0 Å². The molecular weight excluding hydrogens is 192 g/mol. The molecule has 0 aliphatic carbocycles. The lowest BCUT2D eigenvalue weighted by Gasteiger charge is -1.87. The third-order valence-electron chi connectivity index (χ3n) is 2.26. The van der Waals surface area contributed by atoms with Crippen LogP contribution in [0, 0.1) is 6.92 Å². The fraction of sp³-hybridized carbons (Fsp3) is 0.0833. The van der Waals surface area contributed by atoms with Crippen molar-refractivity contribution in [3.05, 3.63) is 41.7 Å². The van der Waals surface area contributed by atoms with Gasteiger partial charge < -0.3 is 9.52 Å². The first-order chi connectivity index (χ1) is 7.18. The van der Waals surface area contributed by atoms with Crippen molar-refractivity contribution in [3.8, 4) is 0 Å². The van der Waals surface area contributed by atoms with E-state index in [1.165, 1.54) is 6.08 Å². The van der Waals surface area contributed by atoms with Crippen LogP contribution in [-0.2, 0) is 4.79 Å². The van der Waals surface area contributed by atoms with Crippen molar-refractivity contribution in [2.45, 2.75) is 6.92 Å². The Morgan fingerprint density at radius 3 is 2.80 bits per heavy atom. The van der Waals surface area contributed by atoms with Crippen LogP contribution in [0.15, 0.2) is 34.8 Å². The van der Waals surface area contributed by atoms with Crippen LogP contribution in [0.5, 0.6) is 0 Å². The highest BCUT2D eigenvalue weighted by Crippen LogP contribution is 2.25. The maximum atomic E-state index is 10.4. The first kappa shape index (κ1) is 9.52. The van der Waals surface area contributed by atoms with Crippen LogP contribution in [0.3, 0.4) is 0 Å². The first-order valence-electron chi connectivity index (χ1n) is 4.57. The average molecular weight is 202 g/mol. The minimum atomic E-state index is -0.977. The molecule has 0 amide bonds. The Labute approximate surface area is 86.6 Å². The summed E-state index contributed by atoms with van der Waals surface area (Å²) >= 11 is 0. The van der Waals surface area contributed by atoms with Crippen LogP contribution < -0.4 is 0 Å². The van der Waals surface area contributed by atoms with Crippen molar-refractivity contribution in [2.75, 3.05) is 0 Å². The van der Waals surface area contributed by atoms with Gasteiger partial charge in [-0.1, -0.05) is 18.2 Å². The van der Waals surface area contributed by atoms with E-state index >= 15 is 0 Å². The second-order valence-electron chi connectivity index (χ2n) is 3.26. The van der Waals surface area contributed by atoms with Gasteiger partial charge in [0.05, 0.1) is 0 Å². The number of aryl methyl sites for hydroxylation is 1. The molecule has 0 radical (unpaired) electrons. The molecule has 0 saturated carbocycles. The van der Waals surface area contributed by atoms with Gasteiger partial charge >= 0.3 is 5.97 Å². The van der Waals surface area contributed by atoms with E-state index in [2.05, 4.69) is 0 Å². The van der Waals surface area contributed by atoms with Crippen LogP contribution >= 0.6 is 0 Å². The number of carbonyl (C=O) groups is 1. The van der Waals surface area contributed by atoms with Crippen LogP contribution in [0.25, 0.3) is 17.0 Å². The second-order valence-corrected chi connectivity index (χ2v) is 3.26. The monoisotopic (exact) mass is 202 g/mol. The molecule has 0 saturated heterocycles. The van der Waals surface area contributed by atoms with E-state index in [4.69, 9.17) is 9.52 Å². The molecule has 1 aromatic carbocycles. The standard InChI is InChI=1S/C12H10O3/c1-8-9-4-2-3-5-11(9)15-10(8)6-7-12(13)14/h2-7H,1H3,(H,13,14)/b7-6+. The van der Waals surface area contributed by atoms with E-state index in [1.807, 2.05) is 31.2 Å². The molecule has 76 valence electrons. The van der Waals surface area contributed by atoms with Crippen molar-refractivity contribution >= 4 is 23.0 Å². The predicted molar refractivity (Wildman–Crippen MR) is 57.6 cm³/mol.